The third-order valence-electron chi connectivity index (χ3n) is 1.53. The van der Waals surface area contributed by atoms with Gasteiger partial charge >= 0.3 is 0 Å². The molecule has 1 nitrogen and oxygen atoms in total. The van der Waals surface area contributed by atoms with E-state index in [0.29, 0.717) is 5.56 Å². The van der Waals surface area contributed by atoms with Gasteiger partial charge in [-0.3, -0.25) is 0 Å². The highest BCUT2D eigenvalue weighted by Gasteiger charge is 2.22. The molecule has 0 aliphatic rings. The fourth-order valence-electron chi connectivity index (χ4n) is 1.06. The van der Waals surface area contributed by atoms with E-state index < -0.39 is 0 Å². The van der Waals surface area contributed by atoms with Crippen LogP contribution in [0.15, 0.2) is 10.8 Å². The molecule has 0 radical (unpaired) electrons. The van der Waals surface area contributed by atoms with Crippen molar-refractivity contribution in [1.82, 2.24) is 4.98 Å². The highest BCUT2D eigenvalue weighted by Crippen LogP contribution is 2.30. The number of halogens is 2. The molecule has 0 aromatic carbocycles. The lowest BCUT2D eigenvalue weighted by Crippen LogP contribution is -2.12. The normalized spacial score (nSPS) is 12.1. The van der Waals surface area contributed by atoms with E-state index in [-0.39, 0.29) is 11.2 Å². The summed E-state index contributed by atoms with van der Waals surface area (Å²) in [6.07, 6.45) is 1.37. The predicted molar refractivity (Wildman–Crippen MR) is 47.2 cm³/mol. The van der Waals surface area contributed by atoms with E-state index in [1.807, 2.05) is 20.8 Å². The minimum absolute atomic E-state index is 0.150. The summed E-state index contributed by atoms with van der Waals surface area (Å²) in [6, 6.07) is 0. The zero-order valence-electron chi connectivity index (χ0n) is 6.83. The predicted octanol–water partition coefficient (Wildman–Crippen LogP) is 3.21. The van der Waals surface area contributed by atoms with Gasteiger partial charge in [0, 0.05) is 11.8 Å². The number of hydrogen-bond acceptors (Lipinski definition) is 0. The van der Waals surface area contributed by atoms with E-state index in [4.69, 9.17) is 0 Å². The molecule has 11 heavy (non-hydrogen) atoms. The fourth-order valence-corrected chi connectivity index (χ4v) is 1.96. The van der Waals surface area contributed by atoms with Gasteiger partial charge in [0.05, 0.1) is 4.60 Å². The van der Waals surface area contributed by atoms with E-state index in [1.54, 1.807) is 0 Å². The van der Waals surface area contributed by atoms with Gasteiger partial charge in [0.2, 0.25) is 0 Å². The first-order valence-electron chi connectivity index (χ1n) is 3.46. The second kappa shape index (κ2) is 2.63. The summed E-state index contributed by atoms with van der Waals surface area (Å²) in [4.78, 5) is 2.79. The van der Waals surface area contributed by atoms with Gasteiger partial charge in [0.15, 0.2) is 0 Å². The standard InChI is InChI=1S/C8H11BrFN/c1-8(2,3)6-5(10)4-11-7(6)9/h4,11H,1-3H3. The zero-order chi connectivity index (χ0) is 8.65. The van der Waals surface area contributed by atoms with Crippen LogP contribution in [0.5, 0.6) is 0 Å². The number of rotatable bonds is 0. The van der Waals surface area contributed by atoms with Crippen molar-refractivity contribution in [3.63, 3.8) is 0 Å². The van der Waals surface area contributed by atoms with Crippen LogP contribution >= 0.6 is 15.9 Å². The molecule has 0 unspecified atom stereocenters. The topological polar surface area (TPSA) is 15.8 Å². The maximum atomic E-state index is 13.0. The van der Waals surface area contributed by atoms with E-state index in [9.17, 15) is 4.39 Å². The third-order valence-corrected chi connectivity index (χ3v) is 2.16. The first-order chi connectivity index (χ1) is 4.93. The van der Waals surface area contributed by atoms with Crippen molar-refractivity contribution in [2.24, 2.45) is 0 Å². The van der Waals surface area contributed by atoms with Gasteiger partial charge in [-0.2, -0.15) is 0 Å². The molecule has 62 valence electrons. The number of hydrogen-bond donors (Lipinski definition) is 1. The van der Waals surface area contributed by atoms with E-state index >= 15 is 0 Å². The lowest BCUT2D eigenvalue weighted by Gasteiger charge is -2.17. The molecule has 1 aromatic rings. The van der Waals surface area contributed by atoms with Crippen molar-refractivity contribution < 1.29 is 4.39 Å². The molecule has 1 N–H and O–H groups in total. The summed E-state index contributed by atoms with van der Waals surface area (Å²) < 4.78 is 13.8. The summed E-state index contributed by atoms with van der Waals surface area (Å²) in [6.45, 7) is 5.93. The van der Waals surface area contributed by atoms with Crippen molar-refractivity contribution in [3.05, 3.63) is 22.2 Å². The number of aromatic nitrogens is 1. The van der Waals surface area contributed by atoms with Crippen LogP contribution in [-0.2, 0) is 5.41 Å². The molecule has 1 aromatic heterocycles. The Hall–Kier alpha value is -0.310. The van der Waals surface area contributed by atoms with E-state index in [0.717, 1.165) is 4.60 Å². The Kier molecular flexibility index (Phi) is 2.10. The largest absolute Gasteiger partial charge is 0.353 e. The van der Waals surface area contributed by atoms with Gasteiger partial charge in [-0.1, -0.05) is 20.8 Å². The van der Waals surface area contributed by atoms with Crippen LogP contribution in [0.1, 0.15) is 26.3 Å². The summed E-state index contributed by atoms with van der Waals surface area (Å²) in [5.74, 6) is -0.177. The summed E-state index contributed by atoms with van der Waals surface area (Å²) in [5, 5.41) is 0. The maximum absolute atomic E-state index is 13.0. The van der Waals surface area contributed by atoms with Crippen LogP contribution in [0.3, 0.4) is 0 Å². The highest BCUT2D eigenvalue weighted by atomic mass is 79.9. The average molecular weight is 220 g/mol. The van der Waals surface area contributed by atoms with Crippen LogP contribution in [0.2, 0.25) is 0 Å². The molecule has 0 spiro atoms. The summed E-state index contributed by atoms with van der Waals surface area (Å²) >= 11 is 3.26. The molecule has 0 saturated heterocycles. The van der Waals surface area contributed by atoms with Gasteiger partial charge in [-0.25, -0.2) is 4.39 Å². The summed E-state index contributed by atoms with van der Waals surface area (Å²) in [5.41, 5.74) is 0.556. The molecule has 0 aliphatic heterocycles. The average Bonchev–Trinajstić information content (AvgIpc) is 2.08. The Balaban J connectivity index is 3.21. The molecule has 3 heteroatoms. The van der Waals surface area contributed by atoms with Crippen molar-refractivity contribution in [3.8, 4) is 0 Å². The molecule has 0 bridgehead atoms. The van der Waals surface area contributed by atoms with E-state index in [2.05, 4.69) is 20.9 Å². The van der Waals surface area contributed by atoms with Crippen LogP contribution in [-0.4, -0.2) is 4.98 Å². The Bertz CT molecular complexity index is 240. The van der Waals surface area contributed by atoms with Crippen LogP contribution < -0.4 is 0 Å². The lowest BCUT2D eigenvalue weighted by molar-refractivity contribution is 0.526. The Morgan fingerprint density at radius 1 is 1.45 bits per heavy atom. The smallest absolute Gasteiger partial charge is 0.145 e. The van der Waals surface area contributed by atoms with Gasteiger partial charge in [0.1, 0.15) is 5.82 Å². The van der Waals surface area contributed by atoms with Crippen LogP contribution in [0.25, 0.3) is 0 Å². The Morgan fingerprint density at radius 3 is 2.18 bits per heavy atom. The van der Waals surface area contributed by atoms with Crippen molar-refractivity contribution in [1.29, 1.82) is 0 Å². The monoisotopic (exact) mass is 219 g/mol. The minimum atomic E-state index is -0.177. The molecule has 1 rings (SSSR count). The van der Waals surface area contributed by atoms with Gasteiger partial charge in [0.25, 0.3) is 0 Å². The van der Waals surface area contributed by atoms with E-state index in [1.165, 1.54) is 6.20 Å². The van der Waals surface area contributed by atoms with Crippen molar-refractivity contribution >= 4 is 15.9 Å². The molecule has 0 aliphatic carbocycles. The van der Waals surface area contributed by atoms with Crippen LogP contribution in [0.4, 0.5) is 4.39 Å². The second-order valence-corrected chi connectivity index (χ2v) is 4.37. The lowest BCUT2D eigenvalue weighted by atomic mass is 9.89. The number of H-pyrrole nitrogens is 1. The highest BCUT2D eigenvalue weighted by molar-refractivity contribution is 9.10. The second-order valence-electron chi connectivity index (χ2n) is 3.58. The Labute approximate surface area is 74.1 Å². The SMILES string of the molecule is CC(C)(C)c1c(F)c[nH]c1Br. The minimum Gasteiger partial charge on any atom is -0.353 e. The maximum Gasteiger partial charge on any atom is 0.145 e. The van der Waals surface area contributed by atoms with Crippen molar-refractivity contribution in [2.45, 2.75) is 26.2 Å². The van der Waals surface area contributed by atoms with Gasteiger partial charge in [-0.15, -0.1) is 0 Å². The van der Waals surface area contributed by atoms with Crippen molar-refractivity contribution in [2.75, 3.05) is 0 Å². The molecular weight excluding hydrogens is 209 g/mol. The number of aromatic amines is 1. The molecular formula is C8H11BrFN. The number of nitrogens with one attached hydrogen (secondary N) is 1. The molecule has 1 heterocycles. The molecule has 0 saturated carbocycles. The molecule has 0 fully saturated rings. The third kappa shape index (κ3) is 1.64. The van der Waals surface area contributed by atoms with Gasteiger partial charge < -0.3 is 4.98 Å². The fraction of sp³-hybridized carbons (Fsp3) is 0.500. The molecule has 0 atom stereocenters. The van der Waals surface area contributed by atoms with Crippen LogP contribution in [0, 0.1) is 5.82 Å². The Morgan fingerprint density at radius 2 is 2.00 bits per heavy atom. The quantitative estimate of drug-likeness (QED) is 0.690. The zero-order valence-corrected chi connectivity index (χ0v) is 8.42. The first kappa shape index (κ1) is 8.78. The van der Waals surface area contributed by atoms with Gasteiger partial charge in [-0.05, 0) is 21.3 Å². The molecule has 0 amide bonds. The first-order valence-corrected chi connectivity index (χ1v) is 4.25. The summed E-state index contributed by atoms with van der Waals surface area (Å²) in [7, 11) is 0.